The van der Waals surface area contributed by atoms with Gasteiger partial charge in [-0.2, -0.15) is 9.90 Å². The van der Waals surface area contributed by atoms with E-state index >= 15 is 0 Å². The molecule has 0 bridgehead atoms. The molecule has 3 N–H and O–H groups in total. The van der Waals surface area contributed by atoms with Crippen molar-refractivity contribution in [3.8, 4) is 5.69 Å². The van der Waals surface area contributed by atoms with Crippen LogP contribution in [0.4, 0.5) is 0 Å². The summed E-state index contributed by atoms with van der Waals surface area (Å²) < 4.78 is 4.82. The van der Waals surface area contributed by atoms with Gasteiger partial charge in [-0.1, -0.05) is 24.3 Å². The lowest BCUT2D eigenvalue weighted by atomic mass is 10.1. The molecular weight excluding hydrogens is 362 g/mol. The minimum atomic E-state index is -0.592. The third-order valence-electron chi connectivity index (χ3n) is 3.75. The molecule has 1 aromatic heterocycles. The molecular formula is C19H23N5O4. The average Bonchev–Trinajstić information content (AvgIpc) is 3.06. The molecule has 9 nitrogen and oxygen atoms in total. The highest BCUT2D eigenvalue weighted by Gasteiger charge is 2.19. The molecule has 2 amide bonds. The van der Waals surface area contributed by atoms with Crippen molar-refractivity contribution in [1.29, 1.82) is 0 Å². The molecule has 0 aliphatic carbocycles. The SMILES string of the molecule is CCOC(=O)/C=C/[C@H](CCC(N)=O)NC(=O)c1nn(-c2ccccc2)nc1C. The number of carbonyl (C=O) groups excluding carboxylic acids is 3. The van der Waals surface area contributed by atoms with E-state index in [9.17, 15) is 14.4 Å². The highest BCUT2D eigenvalue weighted by Crippen LogP contribution is 2.09. The molecule has 0 radical (unpaired) electrons. The van der Waals surface area contributed by atoms with Crippen molar-refractivity contribution in [3.63, 3.8) is 0 Å². The Bertz CT molecular complexity index is 860. The van der Waals surface area contributed by atoms with Crippen LogP contribution in [0.1, 0.15) is 35.9 Å². The van der Waals surface area contributed by atoms with E-state index in [1.54, 1.807) is 13.8 Å². The van der Waals surface area contributed by atoms with Gasteiger partial charge >= 0.3 is 5.97 Å². The lowest BCUT2D eigenvalue weighted by Crippen LogP contribution is -2.35. The normalized spacial score (nSPS) is 11.9. The van der Waals surface area contributed by atoms with Crippen LogP contribution in [-0.2, 0) is 14.3 Å². The number of hydrogen-bond acceptors (Lipinski definition) is 6. The third-order valence-corrected chi connectivity index (χ3v) is 3.75. The maximum Gasteiger partial charge on any atom is 0.330 e. The van der Waals surface area contributed by atoms with Gasteiger partial charge in [-0.25, -0.2) is 4.79 Å². The molecule has 148 valence electrons. The molecule has 0 aliphatic rings. The predicted molar refractivity (Wildman–Crippen MR) is 102 cm³/mol. The van der Waals surface area contributed by atoms with Crippen LogP contribution >= 0.6 is 0 Å². The Morgan fingerprint density at radius 3 is 2.61 bits per heavy atom. The summed E-state index contributed by atoms with van der Waals surface area (Å²) in [5.41, 5.74) is 6.50. The van der Waals surface area contributed by atoms with E-state index in [1.165, 1.54) is 16.9 Å². The van der Waals surface area contributed by atoms with E-state index < -0.39 is 23.8 Å². The van der Waals surface area contributed by atoms with Crippen LogP contribution in [0.2, 0.25) is 0 Å². The van der Waals surface area contributed by atoms with Crippen molar-refractivity contribution in [2.75, 3.05) is 6.61 Å². The van der Waals surface area contributed by atoms with Gasteiger partial charge in [0.05, 0.1) is 18.0 Å². The summed E-state index contributed by atoms with van der Waals surface area (Å²) >= 11 is 0. The zero-order valence-electron chi connectivity index (χ0n) is 15.8. The van der Waals surface area contributed by atoms with Gasteiger partial charge in [0.2, 0.25) is 5.91 Å². The van der Waals surface area contributed by atoms with Crippen molar-refractivity contribution in [1.82, 2.24) is 20.3 Å². The van der Waals surface area contributed by atoms with Crippen molar-refractivity contribution >= 4 is 17.8 Å². The Balaban J connectivity index is 2.14. The van der Waals surface area contributed by atoms with E-state index in [4.69, 9.17) is 10.5 Å². The monoisotopic (exact) mass is 385 g/mol. The summed E-state index contributed by atoms with van der Waals surface area (Å²) in [7, 11) is 0. The second-order valence-corrected chi connectivity index (χ2v) is 5.96. The molecule has 1 heterocycles. The summed E-state index contributed by atoms with van der Waals surface area (Å²) in [5, 5.41) is 11.2. The van der Waals surface area contributed by atoms with Gasteiger partial charge in [0.1, 0.15) is 0 Å². The molecule has 9 heteroatoms. The Hall–Kier alpha value is -3.49. The molecule has 0 unspecified atom stereocenters. The number of nitrogens with zero attached hydrogens (tertiary/aromatic N) is 3. The zero-order chi connectivity index (χ0) is 20.5. The fourth-order valence-corrected chi connectivity index (χ4v) is 2.40. The van der Waals surface area contributed by atoms with Crippen LogP contribution in [0.25, 0.3) is 5.69 Å². The van der Waals surface area contributed by atoms with Crippen LogP contribution < -0.4 is 11.1 Å². The number of aryl methyl sites for hydroxylation is 1. The summed E-state index contributed by atoms with van der Waals surface area (Å²) in [6, 6.07) is 8.59. The molecule has 28 heavy (non-hydrogen) atoms. The van der Waals surface area contributed by atoms with Gasteiger partial charge in [-0.05, 0) is 32.4 Å². The number of amides is 2. The van der Waals surface area contributed by atoms with E-state index in [1.807, 2.05) is 30.3 Å². The number of ether oxygens (including phenoxy) is 1. The van der Waals surface area contributed by atoms with Crippen molar-refractivity contribution in [2.24, 2.45) is 5.73 Å². The Morgan fingerprint density at radius 2 is 1.96 bits per heavy atom. The second-order valence-electron chi connectivity index (χ2n) is 5.96. The first-order valence-corrected chi connectivity index (χ1v) is 8.84. The van der Waals surface area contributed by atoms with Gasteiger partial charge in [-0.15, -0.1) is 5.10 Å². The smallest absolute Gasteiger partial charge is 0.330 e. The zero-order valence-corrected chi connectivity index (χ0v) is 15.8. The first-order chi connectivity index (χ1) is 13.4. The Labute approximate surface area is 162 Å². The lowest BCUT2D eigenvalue weighted by molar-refractivity contribution is -0.137. The third kappa shape index (κ3) is 6.04. The van der Waals surface area contributed by atoms with E-state index in [0.717, 1.165) is 5.69 Å². The number of esters is 1. The maximum absolute atomic E-state index is 12.6. The molecule has 0 saturated carbocycles. The summed E-state index contributed by atoms with van der Waals surface area (Å²) in [4.78, 5) is 36.6. The van der Waals surface area contributed by atoms with Gasteiger partial charge in [0.15, 0.2) is 5.69 Å². The molecule has 0 saturated heterocycles. The van der Waals surface area contributed by atoms with Crippen LogP contribution in [0.3, 0.4) is 0 Å². The first-order valence-electron chi connectivity index (χ1n) is 8.84. The minimum absolute atomic E-state index is 0.0494. The predicted octanol–water partition coefficient (Wildman–Crippen LogP) is 1.06. The van der Waals surface area contributed by atoms with Crippen molar-refractivity contribution < 1.29 is 19.1 Å². The second kappa shape index (κ2) is 10.0. The average molecular weight is 385 g/mol. The Morgan fingerprint density at radius 1 is 1.25 bits per heavy atom. The molecule has 2 aromatic rings. The minimum Gasteiger partial charge on any atom is -0.463 e. The lowest BCUT2D eigenvalue weighted by Gasteiger charge is -2.13. The van der Waals surface area contributed by atoms with Gasteiger partial charge < -0.3 is 15.8 Å². The highest BCUT2D eigenvalue weighted by molar-refractivity contribution is 5.93. The summed E-state index contributed by atoms with van der Waals surface area (Å²) in [5.74, 6) is -1.51. The van der Waals surface area contributed by atoms with Crippen LogP contribution in [0.15, 0.2) is 42.5 Å². The number of para-hydroxylation sites is 1. The van der Waals surface area contributed by atoms with Gasteiger partial charge in [0.25, 0.3) is 5.91 Å². The fourth-order valence-electron chi connectivity index (χ4n) is 2.40. The summed E-state index contributed by atoms with van der Waals surface area (Å²) in [6.07, 6.45) is 2.97. The number of aromatic nitrogens is 3. The van der Waals surface area contributed by atoms with E-state index in [2.05, 4.69) is 15.5 Å². The topological polar surface area (TPSA) is 129 Å². The summed E-state index contributed by atoms with van der Waals surface area (Å²) in [6.45, 7) is 3.61. The molecule has 0 spiro atoms. The quantitative estimate of drug-likeness (QED) is 0.490. The number of primary amides is 1. The molecule has 2 rings (SSSR count). The van der Waals surface area contributed by atoms with Gasteiger partial charge in [-0.3, -0.25) is 9.59 Å². The van der Waals surface area contributed by atoms with Crippen LogP contribution in [0, 0.1) is 6.92 Å². The number of carbonyl (C=O) groups is 3. The van der Waals surface area contributed by atoms with Gasteiger partial charge in [0, 0.05) is 18.5 Å². The largest absolute Gasteiger partial charge is 0.463 e. The molecule has 1 atom stereocenters. The number of hydrogen-bond donors (Lipinski definition) is 2. The first kappa shape index (κ1) is 20.8. The van der Waals surface area contributed by atoms with Crippen LogP contribution in [-0.4, -0.2) is 45.4 Å². The maximum atomic E-state index is 12.6. The standard InChI is InChI=1S/C19H23N5O4/c1-3-28-17(26)12-10-14(9-11-16(20)25)21-19(27)18-13(2)22-24(23-18)15-7-5-4-6-8-15/h4-8,10,12,14H,3,9,11H2,1-2H3,(H2,20,25)(H,21,27)/b12-10+/t14-/m0/s1. The van der Waals surface area contributed by atoms with Crippen molar-refractivity contribution in [3.05, 3.63) is 53.9 Å². The number of rotatable bonds is 9. The highest BCUT2D eigenvalue weighted by atomic mass is 16.5. The Kier molecular flexibility index (Phi) is 7.44. The van der Waals surface area contributed by atoms with Crippen LogP contribution in [0.5, 0.6) is 0 Å². The molecule has 0 aliphatic heterocycles. The van der Waals surface area contributed by atoms with E-state index in [0.29, 0.717) is 5.69 Å². The number of nitrogens with two attached hydrogens (primary N) is 1. The molecule has 0 fully saturated rings. The fraction of sp³-hybridized carbons (Fsp3) is 0.316. The van der Waals surface area contributed by atoms with Crippen molar-refractivity contribution in [2.45, 2.75) is 32.7 Å². The number of benzene rings is 1. The number of nitrogens with one attached hydrogen (secondary N) is 1. The molecule has 1 aromatic carbocycles. The van der Waals surface area contributed by atoms with E-state index in [-0.39, 0.29) is 25.1 Å².